The minimum Gasteiger partial charge on any atom is -0.466 e. The molecule has 0 rings (SSSR count). The van der Waals surface area contributed by atoms with Crippen molar-refractivity contribution < 1.29 is 24.5 Å². The Morgan fingerprint density at radius 3 is 1.32 bits per heavy atom. The highest BCUT2D eigenvalue weighted by atomic mass is 16.5. The Bertz CT molecular complexity index is 1020. The maximum absolute atomic E-state index is 12.4. The van der Waals surface area contributed by atoms with Gasteiger partial charge >= 0.3 is 5.97 Å². The van der Waals surface area contributed by atoms with Crippen molar-refractivity contribution in [1.82, 2.24) is 5.32 Å². The van der Waals surface area contributed by atoms with Crippen LogP contribution in [0.2, 0.25) is 0 Å². The topological polar surface area (TPSA) is 95.9 Å². The van der Waals surface area contributed by atoms with Crippen LogP contribution in [0.5, 0.6) is 0 Å². The van der Waals surface area contributed by atoms with Gasteiger partial charge in [0.1, 0.15) is 0 Å². The first-order chi connectivity index (χ1) is 29.5. The highest BCUT2D eigenvalue weighted by Crippen LogP contribution is 2.14. The van der Waals surface area contributed by atoms with Gasteiger partial charge in [-0.3, -0.25) is 9.59 Å². The lowest BCUT2D eigenvalue weighted by Gasteiger charge is -2.19. The number of ether oxygens (including phenoxy) is 1. The fourth-order valence-corrected chi connectivity index (χ4v) is 7.54. The largest absolute Gasteiger partial charge is 0.466 e. The summed E-state index contributed by atoms with van der Waals surface area (Å²) in [5.74, 6) is -0.128. The summed E-state index contributed by atoms with van der Waals surface area (Å²) in [5.41, 5.74) is 0. The van der Waals surface area contributed by atoms with E-state index in [9.17, 15) is 19.8 Å². The third-order valence-electron chi connectivity index (χ3n) is 11.6. The number of esters is 1. The van der Waals surface area contributed by atoms with Crippen molar-refractivity contribution in [3.63, 3.8) is 0 Å². The summed E-state index contributed by atoms with van der Waals surface area (Å²) in [6.07, 6.45) is 61.1. The second kappa shape index (κ2) is 49.5. The van der Waals surface area contributed by atoms with E-state index in [0.29, 0.717) is 19.4 Å². The van der Waals surface area contributed by atoms with Crippen molar-refractivity contribution in [3.05, 3.63) is 48.6 Å². The molecule has 0 saturated carbocycles. The van der Waals surface area contributed by atoms with Gasteiger partial charge in [0.05, 0.1) is 25.4 Å². The van der Waals surface area contributed by atoms with Crippen molar-refractivity contribution in [2.24, 2.45) is 0 Å². The maximum atomic E-state index is 12.4. The second-order valence-electron chi connectivity index (χ2n) is 17.5. The Morgan fingerprint density at radius 1 is 0.467 bits per heavy atom. The van der Waals surface area contributed by atoms with Crippen LogP contribution >= 0.6 is 0 Å². The molecule has 0 aromatic heterocycles. The number of hydrogen-bond acceptors (Lipinski definition) is 5. The summed E-state index contributed by atoms with van der Waals surface area (Å²) in [7, 11) is 0. The van der Waals surface area contributed by atoms with Gasteiger partial charge in [-0.15, -0.1) is 0 Å². The van der Waals surface area contributed by atoms with E-state index in [1.165, 1.54) is 148 Å². The molecule has 1 amide bonds. The first-order valence-electron chi connectivity index (χ1n) is 25.9. The van der Waals surface area contributed by atoms with Gasteiger partial charge in [0.2, 0.25) is 5.91 Å². The molecule has 0 radical (unpaired) electrons. The van der Waals surface area contributed by atoms with Crippen LogP contribution in [0.3, 0.4) is 0 Å². The molecular formula is C54H99NO5. The monoisotopic (exact) mass is 842 g/mol. The lowest BCUT2D eigenvalue weighted by molar-refractivity contribution is -0.143. The standard InChI is InChI=1S/C54H99NO5/c1-3-5-7-9-11-13-15-17-19-20-24-28-32-36-40-44-48-54(59)60-49-45-41-37-33-29-25-21-23-27-31-35-39-43-47-53(58)55-51(50-56)52(57)46-42-38-34-30-26-22-18-16-14-12-10-8-6-4-2/h13,15,19-20,23,27,42,46,51-52,56-57H,3-12,14,16-18,21-22,24-26,28-41,43-45,47-50H2,1-2H3,(H,55,58)/b15-13-,20-19-,27-23-,46-42+. The third kappa shape index (κ3) is 45.3. The summed E-state index contributed by atoms with van der Waals surface area (Å²) in [6, 6.07) is -0.649. The molecule has 0 heterocycles. The lowest BCUT2D eigenvalue weighted by Crippen LogP contribution is -2.45. The molecule has 350 valence electrons. The first-order valence-corrected chi connectivity index (χ1v) is 25.9. The van der Waals surface area contributed by atoms with E-state index in [4.69, 9.17) is 4.74 Å². The maximum Gasteiger partial charge on any atom is 0.305 e. The van der Waals surface area contributed by atoms with Gasteiger partial charge in [-0.2, -0.15) is 0 Å². The minimum atomic E-state index is -0.862. The van der Waals surface area contributed by atoms with Crippen LogP contribution in [-0.2, 0) is 14.3 Å². The predicted molar refractivity (Wildman–Crippen MR) is 259 cm³/mol. The van der Waals surface area contributed by atoms with Crippen LogP contribution in [0.1, 0.15) is 258 Å². The van der Waals surface area contributed by atoms with Crippen molar-refractivity contribution in [3.8, 4) is 0 Å². The molecule has 0 bridgehead atoms. The van der Waals surface area contributed by atoms with Gasteiger partial charge in [-0.05, 0) is 89.9 Å². The fourth-order valence-electron chi connectivity index (χ4n) is 7.54. The molecule has 0 spiro atoms. The summed E-state index contributed by atoms with van der Waals surface area (Å²) in [6.45, 7) is 4.82. The molecule has 2 unspecified atom stereocenters. The van der Waals surface area contributed by atoms with Crippen LogP contribution in [0.4, 0.5) is 0 Å². The van der Waals surface area contributed by atoms with Crippen LogP contribution < -0.4 is 5.32 Å². The average molecular weight is 842 g/mol. The van der Waals surface area contributed by atoms with Crippen LogP contribution in [0, 0.1) is 0 Å². The van der Waals surface area contributed by atoms with Crippen LogP contribution in [0.15, 0.2) is 48.6 Å². The molecule has 2 atom stereocenters. The summed E-state index contributed by atoms with van der Waals surface area (Å²) < 4.78 is 5.45. The summed E-state index contributed by atoms with van der Waals surface area (Å²) >= 11 is 0. The molecule has 0 aromatic carbocycles. The Hall–Kier alpha value is -2.18. The number of aliphatic hydroxyl groups is 2. The minimum absolute atomic E-state index is 0.0284. The van der Waals surface area contributed by atoms with Crippen LogP contribution in [-0.4, -0.2) is 47.4 Å². The molecule has 60 heavy (non-hydrogen) atoms. The molecule has 3 N–H and O–H groups in total. The summed E-state index contributed by atoms with van der Waals surface area (Å²) in [5, 5.41) is 23.0. The van der Waals surface area contributed by atoms with E-state index in [2.05, 4.69) is 55.6 Å². The SMILES string of the molecule is CCCCCC/C=C\C/C=C\CCCCCCCC(=O)OCCCCCCCC/C=C\CCCCCC(=O)NC(CO)C(O)/C=C/CCCCCCCCCCCCCC. The molecule has 0 aliphatic carbocycles. The molecule has 0 aliphatic rings. The van der Waals surface area contributed by atoms with Crippen molar-refractivity contribution in [2.75, 3.05) is 13.2 Å². The van der Waals surface area contributed by atoms with Gasteiger partial charge < -0.3 is 20.3 Å². The van der Waals surface area contributed by atoms with E-state index in [-0.39, 0.29) is 18.5 Å². The van der Waals surface area contributed by atoms with Crippen molar-refractivity contribution in [1.29, 1.82) is 0 Å². The van der Waals surface area contributed by atoms with Gasteiger partial charge in [0.25, 0.3) is 0 Å². The van der Waals surface area contributed by atoms with E-state index in [0.717, 1.165) is 83.5 Å². The number of hydrogen-bond donors (Lipinski definition) is 3. The highest BCUT2D eigenvalue weighted by molar-refractivity contribution is 5.76. The molecule has 6 heteroatoms. The van der Waals surface area contributed by atoms with E-state index >= 15 is 0 Å². The van der Waals surface area contributed by atoms with Crippen LogP contribution in [0.25, 0.3) is 0 Å². The zero-order valence-electron chi connectivity index (χ0n) is 39.7. The number of rotatable bonds is 47. The van der Waals surface area contributed by atoms with Gasteiger partial charge in [-0.25, -0.2) is 0 Å². The number of carbonyl (C=O) groups excluding carboxylic acids is 2. The quantitative estimate of drug-likeness (QED) is 0.0322. The Labute approximate surface area is 372 Å². The normalized spacial score (nSPS) is 13.1. The fraction of sp³-hybridized carbons (Fsp3) is 0.815. The molecule has 0 aromatic rings. The second-order valence-corrected chi connectivity index (χ2v) is 17.5. The van der Waals surface area contributed by atoms with Gasteiger partial charge in [0.15, 0.2) is 0 Å². The first kappa shape index (κ1) is 57.8. The summed E-state index contributed by atoms with van der Waals surface area (Å²) in [4.78, 5) is 24.4. The van der Waals surface area contributed by atoms with E-state index in [1.807, 2.05) is 6.08 Å². The Balaban J connectivity index is 3.55. The number of nitrogens with one attached hydrogen (secondary N) is 1. The van der Waals surface area contributed by atoms with Gasteiger partial charge in [0, 0.05) is 12.8 Å². The van der Waals surface area contributed by atoms with E-state index < -0.39 is 12.1 Å². The van der Waals surface area contributed by atoms with Gasteiger partial charge in [-0.1, -0.05) is 204 Å². The zero-order chi connectivity index (χ0) is 43.7. The molecule has 0 saturated heterocycles. The molecule has 0 fully saturated rings. The average Bonchev–Trinajstić information content (AvgIpc) is 3.25. The van der Waals surface area contributed by atoms with E-state index in [1.54, 1.807) is 6.08 Å². The Kier molecular flexibility index (Phi) is 47.7. The number of aliphatic hydroxyl groups excluding tert-OH is 2. The predicted octanol–water partition coefficient (Wildman–Crippen LogP) is 15.5. The smallest absolute Gasteiger partial charge is 0.305 e. The number of carbonyl (C=O) groups is 2. The molecule has 0 aliphatic heterocycles. The zero-order valence-corrected chi connectivity index (χ0v) is 39.7. The highest BCUT2D eigenvalue weighted by Gasteiger charge is 2.18. The van der Waals surface area contributed by atoms with Crippen molar-refractivity contribution in [2.45, 2.75) is 270 Å². The Morgan fingerprint density at radius 2 is 0.833 bits per heavy atom. The molecular weight excluding hydrogens is 743 g/mol. The number of allylic oxidation sites excluding steroid dienone is 7. The third-order valence-corrected chi connectivity index (χ3v) is 11.6. The number of amides is 1. The van der Waals surface area contributed by atoms with Crippen molar-refractivity contribution >= 4 is 11.9 Å². The molecule has 6 nitrogen and oxygen atoms in total. The number of unbranched alkanes of at least 4 members (excludes halogenated alkanes) is 30. The lowest BCUT2D eigenvalue weighted by atomic mass is 10.0.